The molecule has 3 rings (SSSR count). The van der Waals surface area contributed by atoms with E-state index in [0.29, 0.717) is 11.5 Å². The lowest BCUT2D eigenvalue weighted by Gasteiger charge is -2.07. The predicted molar refractivity (Wildman–Crippen MR) is 76.7 cm³/mol. The molecule has 20 heavy (non-hydrogen) atoms. The average Bonchev–Trinajstić information content (AvgIpc) is 3.09. The van der Waals surface area contributed by atoms with Crippen molar-refractivity contribution in [3.05, 3.63) is 52.7 Å². The Kier molecular flexibility index (Phi) is 3.62. The third kappa shape index (κ3) is 2.92. The number of benzene rings is 1. The number of hydrogen-bond donors (Lipinski definition) is 1. The number of thiophene rings is 1. The topological polar surface area (TPSA) is 46.2 Å². The molecular formula is C14H14FNO2S2. The first-order valence-corrected chi connectivity index (χ1v) is 8.74. The van der Waals surface area contributed by atoms with Crippen molar-refractivity contribution < 1.29 is 12.8 Å². The van der Waals surface area contributed by atoms with Crippen molar-refractivity contribution in [1.29, 1.82) is 0 Å². The van der Waals surface area contributed by atoms with E-state index in [1.165, 1.54) is 6.07 Å². The molecule has 0 aliphatic heterocycles. The van der Waals surface area contributed by atoms with Crippen molar-refractivity contribution in [2.45, 2.75) is 29.5 Å². The van der Waals surface area contributed by atoms with Gasteiger partial charge in [0.1, 0.15) is 10.0 Å². The van der Waals surface area contributed by atoms with Crippen LogP contribution >= 0.6 is 11.3 Å². The first-order chi connectivity index (χ1) is 9.56. The van der Waals surface area contributed by atoms with E-state index in [1.807, 2.05) is 0 Å². The highest BCUT2D eigenvalue weighted by Gasteiger charge is 2.26. The fraction of sp³-hybridized carbons (Fsp3) is 0.286. The molecule has 1 aromatic heterocycles. The number of sulfonamides is 1. The molecule has 1 fully saturated rings. The van der Waals surface area contributed by atoms with E-state index in [-0.39, 0.29) is 16.6 Å². The Balaban J connectivity index is 1.71. The fourth-order valence-corrected chi connectivity index (χ4v) is 4.13. The van der Waals surface area contributed by atoms with Gasteiger partial charge in [0.05, 0.1) is 0 Å². The molecule has 1 N–H and O–H groups in total. The Morgan fingerprint density at radius 1 is 1.30 bits per heavy atom. The van der Waals surface area contributed by atoms with E-state index >= 15 is 0 Å². The van der Waals surface area contributed by atoms with Crippen molar-refractivity contribution >= 4 is 21.4 Å². The molecule has 6 heteroatoms. The zero-order chi connectivity index (χ0) is 14.2. The first kappa shape index (κ1) is 13.7. The van der Waals surface area contributed by atoms with Crippen molar-refractivity contribution in [3.8, 4) is 0 Å². The first-order valence-electron chi connectivity index (χ1n) is 6.38. The second-order valence-electron chi connectivity index (χ2n) is 4.89. The minimum atomic E-state index is -3.50. The van der Waals surface area contributed by atoms with E-state index < -0.39 is 10.0 Å². The molecule has 0 radical (unpaired) electrons. The molecule has 0 unspecified atom stereocenters. The van der Waals surface area contributed by atoms with Gasteiger partial charge in [0.15, 0.2) is 0 Å². The summed E-state index contributed by atoms with van der Waals surface area (Å²) in [4.78, 5) is 0. The standard InChI is InChI=1S/C14H14FNO2S2/c15-13-8-10(3-6-12(13)11-4-5-11)9-16-20(17,18)14-2-1-7-19-14/h1-3,6-8,11,16H,4-5,9H2. The molecule has 0 atom stereocenters. The summed E-state index contributed by atoms with van der Waals surface area (Å²) in [5, 5.41) is 1.71. The minimum absolute atomic E-state index is 0.0993. The van der Waals surface area contributed by atoms with Gasteiger partial charge in [0, 0.05) is 6.54 Å². The van der Waals surface area contributed by atoms with Crippen LogP contribution in [-0.4, -0.2) is 8.42 Å². The smallest absolute Gasteiger partial charge is 0.207 e. The van der Waals surface area contributed by atoms with E-state index in [9.17, 15) is 12.8 Å². The summed E-state index contributed by atoms with van der Waals surface area (Å²) in [6.07, 6.45) is 2.09. The highest BCUT2D eigenvalue weighted by molar-refractivity contribution is 7.91. The number of nitrogens with one attached hydrogen (secondary N) is 1. The lowest BCUT2D eigenvalue weighted by Crippen LogP contribution is -2.22. The molecule has 0 bridgehead atoms. The van der Waals surface area contributed by atoms with E-state index in [4.69, 9.17) is 0 Å². The third-order valence-corrected chi connectivity index (χ3v) is 6.11. The van der Waals surface area contributed by atoms with Crippen LogP contribution in [0, 0.1) is 5.82 Å². The summed E-state index contributed by atoms with van der Waals surface area (Å²) in [7, 11) is -3.50. The van der Waals surface area contributed by atoms with Crippen LogP contribution in [0.3, 0.4) is 0 Å². The van der Waals surface area contributed by atoms with Gasteiger partial charge in [0.2, 0.25) is 10.0 Å². The molecular weight excluding hydrogens is 297 g/mol. The maximum atomic E-state index is 13.9. The van der Waals surface area contributed by atoms with Crippen LogP contribution in [0.1, 0.15) is 29.9 Å². The summed E-state index contributed by atoms with van der Waals surface area (Å²) in [6, 6.07) is 8.20. The van der Waals surface area contributed by atoms with Crippen LogP contribution in [-0.2, 0) is 16.6 Å². The number of rotatable bonds is 5. The highest BCUT2D eigenvalue weighted by Crippen LogP contribution is 2.41. The zero-order valence-corrected chi connectivity index (χ0v) is 12.3. The van der Waals surface area contributed by atoms with Gasteiger partial charge in [-0.2, -0.15) is 0 Å². The SMILES string of the molecule is O=S(=O)(NCc1ccc(C2CC2)c(F)c1)c1cccs1. The molecule has 1 saturated carbocycles. The molecule has 1 aliphatic rings. The molecule has 1 aliphatic carbocycles. The molecule has 0 spiro atoms. The van der Waals surface area contributed by atoms with Gasteiger partial charge in [-0.25, -0.2) is 17.5 Å². The van der Waals surface area contributed by atoms with E-state index in [1.54, 1.807) is 29.6 Å². The Morgan fingerprint density at radius 3 is 2.70 bits per heavy atom. The second-order valence-corrected chi connectivity index (χ2v) is 7.83. The van der Waals surface area contributed by atoms with Crippen molar-refractivity contribution in [2.24, 2.45) is 0 Å². The number of hydrogen-bond acceptors (Lipinski definition) is 3. The molecule has 1 aromatic carbocycles. The normalized spacial score (nSPS) is 15.4. The Hall–Kier alpha value is -1.24. The van der Waals surface area contributed by atoms with E-state index in [2.05, 4.69) is 4.72 Å². The summed E-state index contributed by atoms with van der Waals surface area (Å²) < 4.78 is 40.5. The van der Waals surface area contributed by atoms with Gasteiger partial charge in [-0.1, -0.05) is 18.2 Å². The van der Waals surface area contributed by atoms with E-state index in [0.717, 1.165) is 29.7 Å². The van der Waals surface area contributed by atoms with Crippen molar-refractivity contribution in [1.82, 2.24) is 4.72 Å². The minimum Gasteiger partial charge on any atom is -0.207 e. The van der Waals surface area contributed by atoms with Crippen LogP contribution in [0.5, 0.6) is 0 Å². The van der Waals surface area contributed by atoms with Crippen LogP contribution in [0.15, 0.2) is 39.9 Å². The molecule has 1 heterocycles. The molecule has 2 aromatic rings. The molecule has 106 valence electrons. The lowest BCUT2D eigenvalue weighted by molar-refractivity contribution is 0.581. The Labute approximate surface area is 121 Å². The maximum Gasteiger partial charge on any atom is 0.250 e. The van der Waals surface area contributed by atoms with Gasteiger partial charge < -0.3 is 0 Å². The molecule has 0 saturated heterocycles. The fourth-order valence-electron chi connectivity index (χ4n) is 2.07. The number of halogens is 1. The van der Waals surface area contributed by atoms with Crippen LogP contribution in [0.2, 0.25) is 0 Å². The van der Waals surface area contributed by atoms with Gasteiger partial charge in [-0.15, -0.1) is 11.3 Å². The summed E-state index contributed by atoms with van der Waals surface area (Å²) >= 11 is 1.16. The lowest BCUT2D eigenvalue weighted by atomic mass is 10.1. The van der Waals surface area contributed by atoms with Gasteiger partial charge in [-0.3, -0.25) is 0 Å². The van der Waals surface area contributed by atoms with Crippen LogP contribution in [0.4, 0.5) is 4.39 Å². The summed E-state index contributed by atoms with van der Waals surface area (Å²) in [5.41, 5.74) is 1.38. The van der Waals surface area contributed by atoms with Crippen LogP contribution in [0.25, 0.3) is 0 Å². The van der Waals surface area contributed by atoms with Crippen molar-refractivity contribution in [3.63, 3.8) is 0 Å². The Morgan fingerprint density at radius 2 is 2.10 bits per heavy atom. The van der Waals surface area contributed by atoms with Gasteiger partial charge in [-0.05, 0) is 47.4 Å². The average molecular weight is 311 g/mol. The Bertz CT molecular complexity index is 707. The van der Waals surface area contributed by atoms with Crippen LogP contribution < -0.4 is 4.72 Å². The second kappa shape index (κ2) is 5.27. The van der Waals surface area contributed by atoms with Gasteiger partial charge >= 0.3 is 0 Å². The predicted octanol–water partition coefficient (Wildman–Crippen LogP) is 3.24. The highest BCUT2D eigenvalue weighted by atomic mass is 32.2. The summed E-state index contributed by atoms with van der Waals surface area (Å²) in [6.45, 7) is 0.0993. The van der Waals surface area contributed by atoms with Crippen molar-refractivity contribution in [2.75, 3.05) is 0 Å². The van der Waals surface area contributed by atoms with Gasteiger partial charge in [0.25, 0.3) is 0 Å². The molecule has 0 amide bonds. The largest absolute Gasteiger partial charge is 0.250 e. The monoisotopic (exact) mass is 311 g/mol. The summed E-state index contributed by atoms with van der Waals surface area (Å²) in [5.74, 6) is 0.118. The third-order valence-electron chi connectivity index (χ3n) is 3.31. The maximum absolute atomic E-state index is 13.9. The molecule has 3 nitrogen and oxygen atoms in total. The zero-order valence-electron chi connectivity index (χ0n) is 10.7. The quantitative estimate of drug-likeness (QED) is 0.921.